The molecule has 3 aromatic carbocycles. The van der Waals surface area contributed by atoms with E-state index >= 15 is 0 Å². The van der Waals surface area contributed by atoms with Crippen LogP contribution in [0.3, 0.4) is 0 Å². The van der Waals surface area contributed by atoms with Crippen LogP contribution in [0.5, 0.6) is 5.75 Å². The number of carbonyl (C=O) groups is 1. The fraction of sp³-hybridized carbons (Fsp3) is 0.167. The monoisotopic (exact) mass is 517 g/mol. The van der Waals surface area contributed by atoms with Gasteiger partial charge in [-0.3, -0.25) is 9.78 Å². The summed E-state index contributed by atoms with van der Waals surface area (Å²) in [6, 6.07) is 17.1. The summed E-state index contributed by atoms with van der Waals surface area (Å²) in [5, 5.41) is 13.5. The van der Waals surface area contributed by atoms with Crippen LogP contribution >= 0.6 is 24.0 Å². The van der Waals surface area contributed by atoms with Crippen molar-refractivity contribution in [2.75, 3.05) is 26.2 Å². The molecule has 10 heteroatoms. The Balaban J connectivity index is 0.00000274. The molecule has 4 aromatic rings. The van der Waals surface area contributed by atoms with Crippen LogP contribution in [0, 0.1) is 0 Å². The zero-order valence-electron chi connectivity index (χ0n) is 17.9. The summed E-state index contributed by atoms with van der Waals surface area (Å²) >= 11 is 6.01. The van der Waals surface area contributed by atoms with Crippen LogP contribution in [-0.4, -0.2) is 59.8 Å². The molecule has 0 spiro atoms. The van der Waals surface area contributed by atoms with E-state index in [0.717, 1.165) is 16.2 Å². The average molecular weight is 518 g/mol. The summed E-state index contributed by atoms with van der Waals surface area (Å²) in [4.78, 5) is 18.9. The van der Waals surface area contributed by atoms with Gasteiger partial charge in [-0.25, -0.2) is 8.42 Å². The number of sulfonamides is 1. The van der Waals surface area contributed by atoms with Gasteiger partial charge in [0.1, 0.15) is 5.52 Å². The van der Waals surface area contributed by atoms with E-state index in [9.17, 15) is 18.3 Å². The zero-order valence-corrected chi connectivity index (χ0v) is 20.3. The second kappa shape index (κ2) is 9.38. The number of nitrogens with zero attached hydrogens (tertiary/aromatic N) is 3. The number of amides is 1. The Morgan fingerprint density at radius 1 is 0.912 bits per heavy atom. The normalized spacial score (nSPS) is 14.8. The number of aromatic hydroxyl groups is 1. The standard InChI is InChI=1S/C24H20ClN3O4S.ClH/c25-19-6-3-18-15-20(7-4-17(18)14-19)33(31,32)28-12-10-27(11-13-28)24(30)21-8-5-16-2-1-9-26-22(16)23(21)29;/h1-9,14-15,29H,10-13H2;1H. The molecule has 1 aliphatic rings. The lowest BCUT2D eigenvalue weighted by Crippen LogP contribution is -2.50. The largest absolute Gasteiger partial charge is 0.505 e. The first-order valence-electron chi connectivity index (χ1n) is 10.4. The summed E-state index contributed by atoms with van der Waals surface area (Å²) in [7, 11) is -3.71. The maximum Gasteiger partial charge on any atom is 0.257 e. The molecule has 0 bridgehead atoms. The quantitative estimate of drug-likeness (QED) is 0.437. The number of halogens is 2. The first-order valence-corrected chi connectivity index (χ1v) is 12.2. The van der Waals surface area contributed by atoms with Crippen molar-refractivity contribution in [2.45, 2.75) is 4.90 Å². The van der Waals surface area contributed by atoms with Crippen LogP contribution in [-0.2, 0) is 10.0 Å². The smallest absolute Gasteiger partial charge is 0.257 e. The summed E-state index contributed by atoms with van der Waals surface area (Å²) in [6.45, 7) is 0.778. The highest BCUT2D eigenvalue weighted by atomic mass is 35.5. The van der Waals surface area contributed by atoms with E-state index < -0.39 is 10.0 Å². The van der Waals surface area contributed by atoms with Gasteiger partial charge in [-0.2, -0.15) is 4.31 Å². The van der Waals surface area contributed by atoms with E-state index in [-0.39, 0.29) is 60.7 Å². The fourth-order valence-corrected chi connectivity index (χ4v) is 5.75. The molecule has 1 N–H and O–H groups in total. The van der Waals surface area contributed by atoms with E-state index in [4.69, 9.17) is 11.6 Å². The molecule has 34 heavy (non-hydrogen) atoms. The third kappa shape index (κ3) is 4.30. The number of aromatic nitrogens is 1. The van der Waals surface area contributed by atoms with E-state index in [1.165, 1.54) is 4.31 Å². The molecule has 1 aliphatic heterocycles. The van der Waals surface area contributed by atoms with Crippen molar-refractivity contribution in [2.24, 2.45) is 0 Å². The van der Waals surface area contributed by atoms with Crippen LogP contribution < -0.4 is 0 Å². The van der Waals surface area contributed by atoms with Gasteiger partial charge in [-0.15, -0.1) is 12.4 Å². The van der Waals surface area contributed by atoms with E-state index in [2.05, 4.69) is 4.98 Å². The number of phenolic OH excluding ortho intramolecular Hbond substituents is 1. The third-order valence-corrected chi connectivity index (χ3v) is 8.05. The average Bonchev–Trinajstić information content (AvgIpc) is 2.84. The van der Waals surface area contributed by atoms with Gasteiger partial charge >= 0.3 is 0 Å². The molecule has 0 atom stereocenters. The van der Waals surface area contributed by atoms with Crippen molar-refractivity contribution >= 4 is 61.6 Å². The third-order valence-electron chi connectivity index (χ3n) is 5.92. The Bertz CT molecular complexity index is 1500. The summed E-state index contributed by atoms with van der Waals surface area (Å²) in [5.74, 6) is -0.510. The highest BCUT2D eigenvalue weighted by Gasteiger charge is 2.31. The van der Waals surface area contributed by atoms with Crippen molar-refractivity contribution in [1.29, 1.82) is 0 Å². The van der Waals surface area contributed by atoms with Gasteiger partial charge in [0.2, 0.25) is 10.0 Å². The molecule has 176 valence electrons. The Labute approximate surface area is 208 Å². The molecule has 7 nitrogen and oxygen atoms in total. The summed E-state index contributed by atoms with van der Waals surface area (Å²) in [5.41, 5.74) is 0.521. The summed E-state index contributed by atoms with van der Waals surface area (Å²) in [6.07, 6.45) is 1.56. The van der Waals surface area contributed by atoms with E-state index in [1.807, 2.05) is 0 Å². The predicted octanol–water partition coefficient (Wildman–Crippen LogP) is 4.32. The molecule has 2 heterocycles. The second-order valence-electron chi connectivity index (χ2n) is 7.89. The second-order valence-corrected chi connectivity index (χ2v) is 10.3. The number of pyridine rings is 1. The maximum absolute atomic E-state index is 13.2. The molecule has 0 saturated carbocycles. The molecule has 1 amide bonds. The van der Waals surface area contributed by atoms with Gasteiger partial charge in [0.25, 0.3) is 5.91 Å². The van der Waals surface area contributed by atoms with Gasteiger partial charge < -0.3 is 10.0 Å². The van der Waals surface area contributed by atoms with Crippen molar-refractivity contribution in [3.63, 3.8) is 0 Å². The molecule has 0 radical (unpaired) electrons. The minimum absolute atomic E-state index is 0. The minimum Gasteiger partial charge on any atom is -0.505 e. The number of rotatable bonds is 3. The summed E-state index contributed by atoms with van der Waals surface area (Å²) < 4.78 is 27.8. The molecular weight excluding hydrogens is 497 g/mol. The Hall–Kier alpha value is -2.91. The van der Waals surface area contributed by atoms with Gasteiger partial charge in [-0.05, 0) is 47.2 Å². The van der Waals surface area contributed by atoms with Crippen LogP contribution in [0.15, 0.2) is 71.8 Å². The van der Waals surface area contributed by atoms with Gasteiger partial charge in [0.15, 0.2) is 5.75 Å². The number of hydrogen-bond donors (Lipinski definition) is 1. The lowest BCUT2D eigenvalue weighted by atomic mass is 10.1. The predicted molar refractivity (Wildman–Crippen MR) is 134 cm³/mol. The highest BCUT2D eigenvalue weighted by molar-refractivity contribution is 7.89. The first-order chi connectivity index (χ1) is 15.8. The van der Waals surface area contributed by atoms with Crippen molar-refractivity contribution in [3.8, 4) is 5.75 Å². The van der Waals surface area contributed by atoms with Crippen LogP contribution in [0.1, 0.15) is 10.4 Å². The number of carbonyl (C=O) groups excluding carboxylic acids is 1. The lowest BCUT2D eigenvalue weighted by molar-refractivity contribution is 0.0695. The Kier molecular flexibility index (Phi) is 6.69. The van der Waals surface area contributed by atoms with Crippen LogP contribution in [0.2, 0.25) is 5.02 Å². The fourth-order valence-electron chi connectivity index (χ4n) is 4.11. The number of fused-ring (bicyclic) bond motifs is 2. The molecule has 0 unspecified atom stereocenters. The van der Waals surface area contributed by atoms with E-state index in [1.54, 1.807) is 71.8 Å². The Morgan fingerprint density at radius 2 is 1.59 bits per heavy atom. The van der Waals surface area contributed by atoms with Gasteiger partial charge in [-0.1, -0.05) is 35.9 Å². The molecule has 1 saturated heterocycles. The molecule has 0 aliphatic carbocycles. The minimum atomic E-state index is -3.71. The maximum atomic E-state index is 13.2. The first kappa shape index (κ1) is 24.2. The number of phenols is 1. The number of piperazine rings is 1. The molecule has 1 aromatic heterocycles. The Morgan fingerprint density at radius 3 is 2.35 bits per heavy atom. The topological polar surface area (TPSA) is 90.8 Å². The van der Waals surface area contributed by atoms with Crippen LogP contribution in [0.25, 0.3) is 21.7 Å². The number of hydrogen-bond acceptors (Lipinski definition) is 5. The van der Waals surface area contributed by atoms with Crippen molar-refractivity contribution < 1.29 is 18.3 Å². The molecule has 1 fully saturated rings. The van der Waals surface area contributed by atoms with E-state index in [0.29, 0.717) is 10.5 Å². The SMILES string of the molecule is Cl.O=C(c1ccc2cccnc2c1O)N1CCN(S(=O)(=O)c2ccc3cc(Cl)ccc3c2)CC1. The van der Waals surface area contributed by atoms with Crippen molar-refractivity contribution in [1.82, 2.24) is 14.2 Å². The number of benzene rings is 3. The molecular formula is C24H21Cl2N3O4S. The highest BCUT2D eigenvalue weighted by Crippen LogP contribution is 2.29. The lowest BCUT2D eigenvalue weighted by Gasteiger charge is -2.34. The van der Waals surface area contributed by atoms with Crippen LogP contribution in [0.4, 0.5) is 0 Å². The van der Waals surface area contributed by atoms with Gasteiger partial charge in [0, 0.05) is 42.8 Å². The zero-order chi connectivity index (χ0) is 23.2. The van der Waals surface area contributed by atoms with Gasteiger partial charge in [0.05, 0.1) is 10.5 Å². The van der Waals surface area contributed by atoms with Crippen molar-refractivity contribution in [3.05, 3.63) is 77.4 Å². The molecule has 5 rings (SSSR count).